The average molecular weight is 311 g/mol. The van der Waals surface area contributed by atoms with E-state index in [-0.39, 0.29) is 5.91 Å². The summed E-state index contributed by atoms with van der Waals surface area (Å²) in [5.74, 6) is 1.90. The molecule has 6 heteroatoms. The first-order chi connectivity index (χ1) is 11.1. The molecule has 23 heavy (non-hydrogen) atoms. The highest BCUT2D eigenvalue weighted by molar-refractivity contribution is 5.73. The van der Waals surface area contributed by atoms with Gasteiger partial charge in [-0.05, 0) is 12.1 Å². The zero-order valence-corrected chi connectivity index (χ0v) is 13.5. The molecule has 2 aromatic rings. The van der Waals surface area contributed by atoms with E-state index in [1.165, 1.54) is 0 Å². The van der Waals surface area contributed by atoms with Crippen molar-refractivity contribution in [2.45, 2.75) is 6.92 Å². The van der Waals surface area contributed by atoms with Gasteiger partial charge in [-0.25, -0.2) is 9.97 Å². The number of aromatic nitrogens is 2. The fraction of sp³-hybridized carbons (Fsp3) is 0.353. The third-order valence-corrected chi connectivity index (χ3v) is 4.17. The second-order valence-electron chi connectivity index (χ2n) is 5.62. The van der Waals surface area contributed by atoms with Crippen molar-refractivity contribution in [1.29, 1.82) is 0 Å². The number of piperazine rings is 1. The van der Waals surface area contributed by atoms with Crippen LogP contribution in [0.2, 0.25) is 0 Å². The van der Waals surface area contributed by atoms with Crippen LogP contribution in [0.4, 0.5) is 17.3 Å². The van der Waals surface area contributed by atoms with Crippen molar-refractivity contribution in [1.82, 2.24) is 14.9 Å². The van der Waals surface area contributed by atoms with Gasteiger partial charge in [0.05, 0.1) is 0 Å². The molecular formula is C17H21N5O. The molecule has 0 N–H and O–H groups in total. The molecule has 0 atom stereocenters. The molecule has 0 bridgehead atoms. The van der Waals surface area contributed by atoms with Gasteiger partial charge in [0.15, 0.2) is 0 Å². The van der Waals surface area contributed by atoms with E-state index in [1.54, 1.807) is 13.3 Å². The molecule has 1 amide bonds. The van der Waals surface area contributed by atoms with Crippen LogP contribution in [0.5, 0.6) is 0 Å². The summed E-state index contributed by atoms with van der Waals surface area (Å²) in [6.07, 6.45) is 1.60. The van der Waals surface area contributed by atoms with Crippen LogP contribution in [0.15, 0.2) is 42.7 Å². The number of amides is 1. The summed E-state index contributed by atoms with van der Waals surface area (Å²) in [4.78, 5) is 26.3. The number of carbonyl (C=O) groups is 1. The molecule has 6 nitrogen and oxygen atoms in total. The van der Waals surface area contributed by atoms with Crippen LogP contribution in [-0.2, 0) is 4.79 Å². The van der Waals surface area contributed by atoms with Crippen LogP contribution in [0.25, 0.3) is 0 Å². The van der Waals surface area contributed by atoms with Gasteiger partial charge in [0, 0.05) is 51.9 Å². The summed E-state index contributed by atoms with van der Waals surface area (Å²) < 4.78 is 0. The smallest absolute Gasteiger partial charge is 0.219 e. The molecule has 1 aliphatic heterocycles. The zero-order valence-electron chi connectivity index (χ0n) is 13.5. The molecule has 120 valence electrons. The molecular weight excluding hydrogens is 290 g/mol. The van der Waals surface area contributed by atoms with Crippen LogP contribution in [0, 0.1) is 0 Å². The molecule has 2 heterocycles. The zero-order chi connectivity index (χ0) is 16.2. The van der Waals surface area contributed by atoms with Gasteiger partial charge in [-0.1, -0.05) is 18.2 Å². The molecule has 1 aliphatic rings. The Kier molecular flexibility index (Phi) is 4.41. The molecule has 1 aromatic carbocycles. The molecule has 1 saturated heterocycles. The summed E-state index contributed by atoms with van der Waals surface area (Å²) in [6, 6.07) is 12.1. The van der Waals surface area contributed by atoms with E-state index in [9.17, 15) is 4.79 Å². The van der Waals surface area contributed by atoms with Crippen molar-refractivity contribution in [3.05, 3.63) is 42.7 Å². The van der Waals surface area contributed by atoms with Gasteiger partial charge >= 0.3 is 0 Å². The Morgan fingerprint density at radius 3 is 2.43 bits per heavy atom. The molecule has 1 fully saturated rings. The van der Waals surface area contributed by atoms with Gasteiger partial charge in [-0.15, -0.1) is 0 Å². The number of hydrogen-bond donors (Lipinski definition) is 0. The Hall–Kier alpha value is -2.63. The molecule has 0 unspecified atom stereocenters. The number of rotatable bonds is 3. The van der Waals surface area contributed by atoms with Crippen LogP contribution in [0.3, 0.4) is 0 Å². The fourth-order valence-corrected chi connectivity index (χ4v) is 2.73. The number of carbonyl (C=O) groups excluding carboxylic acids is 1. The summed E-state index contributed by atoms with van der Waals surface area (Å²) in [5, 5.41) is 0. The Morgan fingerprint density at radius 2 is 1.78 bits per heavy atom. The fourth-order valence-electron chi connectivity index (χ4n) is 2.73. The lowest BCUT2D eigenvalue weighted by Gasteiger charge is -2.35. The number of hydrogen-bond acceptors (Lipinski definition) is 5. The lowest BCUT2D eigenvalue weighted by atomic mass is 10.3. The van der Waals surface area contributed by atoms with Crippen molar-refractivity contribution in [2.24, 2.45) is 0 Å². The maximum absolute atomic E-state index is 11.4. The second-order valence-corrected chi connectivity index (χ2v) is 5.62. The first-order valence-corrected chi connectivity index (χ1v) is 7.76. The highest BCUT2D eigenvalue weighted by Crippen LogP contribution is 2.24. The van der Waals surface area contributed by atoms with Crippen LogP contribution < -0.4 is 9.80 Å². The summed E-state index contributed by atoms with van der Waals surface area (Å²) in [5.41, 5.74) is 1.08. The largest absolute Gasteiger partial charge is 0.353 e. The lowest BCUT2D eigenvalue weighted by Crippen LogP contribution is -2.48. The highest BCUT2D eigenvalue weighted by Gasteiger charge is 2.20. The van der Waals surface area contributed by atoms with Gasteiger partial charge in [0.25, 0.3) is 0 Å². The van der Waals surface area contributed by atoms with E-state index in [0.717, 1.165) is 43.5 Å². The second kappa shape index (κ2) is 6.64. The maximum Gasteiger partial charge on any atom is 0.219 e. The standard InChI is InChI=1S/C17H21N5O/c1-14(23)21-8-10-22(11-9-21)17-12-16(18-13-19-17)20(2)15-6-4-3-5-7-15/h3-7,12-13H,8-11H2,1-2H3. The molecule has 0 spiro atoms. The minimum atomic E-state index is 0.136. The SMILES string of the molecule is CC(=O)N1CCN(c2cc(N(C)c3ccccc3)ncn2)CC1. The first kappa shape index (κ1) is 15.3. The third kappa shape index (κ3) is 3.41. The Morgan fingerprint density at radius 1 is 1.09 bits per heavy atom. The van der Waals surface area contributed by atoms with E-state index in [4.69, 9.17) is 0 Å². The molecule has 3 rings (SSSR count). The summed E-state index contributed by atoms with van der Waals surface area (Å²) >= 11 is 0. The third-order valence-electron chi connectivity index (χ3n) is 4.17. The van der Waals surface area contributed by atoms with Crippen LogP contribution >= 0.6 is 0 Å². The Labute approximate surface area is 136 Å². The van der Waals surface area contributed by atoms with Gasteiger partial charge in [-0.2, -0.15) is 0 Å². The van der Waals surface area contributed by atoms with Crippen molar-refractivity contribution in [3.8, 4) is 0 Å². The van der Waals surface area contributed by atoms with E-state index >= 15 is 0 Å². The summed E-state index contributed by atoms with van der Waals surface area (Å²) in [7, 11) is 2.00. The molecule has 0 radical (unpaired) electrons. The summed E-state index contributed by atoms with van der Waals surface area (Å²) in [6.45, 7) is 4.69. The van der Waals surface area contributed by atoms with Crippen LogP contribution in [-0.4, -0.2) is 54.0 Å². The minimum Gasteiger partial charge on any atom is -0.353 e. The Balaban J connectivity index is 1.74. The predicted molar refractivity (Wildman–Crippen MR) is 91.0 cm³/mol. The van der Waals surface area contributed by atoms with Crippen molar-refractivity contribution in [2.75, 3.05) is 43.0 Å². The number of benzene rings is 1. The molecule has 1 aromatic heterocycles. The minimum absolute atomic E-state index is 0.136. The maximum atomic E-state index is 11.4. The average Bonchev–Trinajstić information content (AvgIpc) is 2.62. The van der Waals surface area contributed by atoms with Gasteiger partial charge in [0.1, 0.15) is 18.0 Å². The number of anilines is 3. The van der Waals surface area contributed by atoms with Crippen molar-refractivity contribution in [3.63, 3.8) is 0 Å². The Bertz CT molecular complexity index is 668. The first-order valence-electron chi connectivity index (χ1n) is 7.76. The topological polar surface area (TPSA) is 52.6 Å². The highest BCUT2D eigenvalue weighted by atomic mass is 16.2. The predicted octanol–water partition coefficient (Wildman–Crippen LogP) is 1.91. The van der Waals surface area contributed by atoms with Crippen LogP contribution in [0.1, 0.15) is 6.92 Å². The van der Waals surface area contributed by atoms with Crippen molar-refractivity contribution < 1.29 is 4.79 Å². The van der Waals surface area contributed by atoms with Gasteiger partial charge in [0.2, 0.25) is 5.91 Å². The lowest BCUT2D eigenvalue weighted by molar-refractivity contribution is -0.129. The van der Waals surface area contributed by atoms with Crippen molar-refractivity contribution >= 4 is 23.2 Å². The number of nitrogens with zero attached hydrogens (tertiary/aromatic N) is 5. The quantitative estimate of drug-likeness (QED) is 0.867. The monoisotopic (exact) mass is 311 g/mol. The van der Waals surface area contributed by atoms with Gasteiger partial charge in [-0.3, -0.25) is 4.79 Å². The number of para-hydroxylation sites is 1. The molecule has 0 aliphatic carbocycles. The van der Waals surface area contributed by atoms with E-state index in [2.05, 4.69) is 14.9 Å². The van der Waals surface area contributed by atoms with E-state index in [1.807, 2.05) is 53.2 Å². The normalized spacial score (nSPS) is 14.7. The van der Waals surface area contributed by atoms with E-state index in [0.29, 0.717) is 0 Å². The molecule has 0 saturated carbocycles. The van der Waals surface area contributed by atoms with Gasteiger partial charge < -0.3 is 14.7 Å². The van der Waals surface area contributed by atoms with E-state index < -0.39 is 0 Å².